The zero-order chi connectivity index (χ0) is 29.6. The summed E-state index contributed by atoms with van der Waals surface area (Å²) in [5, 5.41) is 14.3. The number of allylic oxidation sites excluding steroid dienone is 3. The molecule has 0 amide bonds. The summed E-state index contributed by atoms with van der Waals surface area (Å²) >= 11 is 0. The number of carbonyl (C=O) groups is 2. The minimum absolute atomic E-state index is 0.00482. The Balaban J connectivity index is 1.58. The van der Waals surface area contributed by atoms with Crippen molar-refractivity contribution in [3.8, 4) is 11.5 Å². The number of methoxy groups -OCH3 is 1. The molecule has 0 fully saturated rings. The number of ketones is 2. The van der Waals surface area contributed by atoms with E-state index in [1.807, 2.05) is 39.9 Å². The first kappa shape index (κ1) is 30.5. The number of rotatable bonds is 4. The number of aromatic hydroxyl groups is 1. The molecule has 4 atom stereocenters. The Morgan fingerprint density at radius 1 is 1.10 bits per heavy atom. The molecule has 0 radical (unpaired) electrons. The summed E-state index contributed by atoms with van der Waals surface area (Å²) in [5.74, 6) is 1.57. The van der Waals surface area contributed by atoms with Gasteiger partial charge in [-0.15, -0.1) is 0 Å². The van der Waals surface area contributed by atoms with E-state index in [9.17, 15) is 14.7 Å². The van der Waals surface area contributed by atoms with Crippen LogP contribution in [0.15, 0.2) is 71.5 Å². The topological polar surface area (TPSA) is 102 Å². The summed E-state index contributed by atoms with van der Waals surface area (Å²) < 4.78 is 5.42. The molecule has 42 heavy (non-hydrogen) atoms. The van der Waals surface area contributed by atoms with Crippen LogP contribution in [-0.4, -0.2) is 41.0 Å². The lowest BCUT2D eigenvalue weighted by Crippen LogP contribution is -2.42. The Labute approximate surface area is 256 Å². The van der Waals surface area contributed by atoms with Gasteiger partial charge in [-0.2, -0.15) is 0 Å². The van der Waals surface area contributed by atoms with Crippen LogP contribution in [0.25, 0.3) is 6.08 Å². The molecule has 8 heteroatoms. The maximum atomic E-state index is 13.4. The van der Waals surface area contributed by atoms with Crippen LogP contribution in [-0.2, 0) is 16.0 Å². The molecule has 5 rings (SSSR count). The molecular formula is C34H40N2O4S2. The summed E-state index contributed by atoms with van der Waals surface area (Å²) in [4.78, 5) is 26.3. The molecule has 0 aromatic heterocycles. The van der Waals surface area contributed by atoms with Gasteiger partial charge in [-0.3, -0.25) is 9.59 Å². The molecule has 0 saturated heterocycles. The smallest absolute Gasteiger partial charge is 0.166 e. The zero-order valence-corrected chi connectivity index (χ0v) is 25.9. The SMILES string of the molecule is CCC1CCC(=O)CC(=O)C2=Cc3cc(OC)c(O)cc3C(CC2)C2=CNC(N)C(=C2)C(Cc2ccccc2)SSC1. The fourth-order valence-electron chi connectivity index (χ4n) is 5.98. The second kappa shape index (κ2) is 14.0. The lowest BCUT2D eigenvalue weighted by atomic mass is 9.83. The number of fused-ring (bicyclic) bond motifs is 7. The number of phenolic OH excluding ortho intramolecular Hbond substituents is 1. The van der Waals surface area contributed by atoms with Gasteiger partial charge in [0.25, 0.3) is 0 Å². The number of Topliss-reactive ketones (excluding diaryl/α,β-unsaturated/α-hetero) is 2. The van der Waals surface area contributed by atoms with Crippen molar-refractivity contribution in [2.75, 3.05) is 12.9 Å². The number of hydrogen-bond donors (Lipinski definition) is 3. The van der Waals surface area contributed by atoms with Crippen molar-refractivity contribution in [3.63, 3.8) is 0 Å². The number of nitrogens with one attached hydrogen (secondary N) is 1. The van der Waals surface area contributed by atoms with Crippen molar-refractivity contribution >= 4 is 39.2 Å². The molecule has 2 aromatic carbocycles. The first-order chi connectivity index (χ1) is 20.4. The van der Waals surface area contributed by atoms with E-state index in [0.29, 0.717) is 36.5 Å². The predicted molar refractivity (Wildman–Crippen MR) is 174 cm³/mol. The Kier molecular flexibility index (Phi) is 10.2. The van der Waals surface area contributed by atoms with E-state index in [0.717, 1.165) is 47.3 Å². The summed E-state index contributed by atoms with van der Waals surface area (Å²) in [6.45, 7) is 2.17. The van der Waals surface area contributed by atoms with Crippen molar-refractivity contribution in [1.29, 1.82) is 0 Å². The van der Waals surface area contributed by atoms with Gasteiger partial charge in [0.1, 0.15) is 5.78 Å². The van der Waals surface area contributed by atoms with Gasteiger partial charge in [0.2, 0.25) is 0 Å². The molecular weight excluding hydrogens is 565 g/mol. The molecule has 222 valence electrons. The van der Waals surface area contributed by atoms with Gasteiger partial charge < -0.3 is 20.9 Å². The molecule has 1 aliphatic carbocycles. The number of benzene rings is 2. The van der Waals surface area contributed by atoms with Crippen molar-refractivity contribution in [1.82, 2.24) is 5.32 Å². The van der Waals surface area contributed by atoms with Crippen LogP contribution in [0.5, 0.6) is 11.5 Å². The van der Waals surface area contributed by atoms with E-state index >= 15 is 0 Å². The van der Waals surface area contributed by atoms with Gasteiger partial charge in [0, 0.05) is 29.5 Å². The summed E-state index contributed by atoms with van der Waals surface area (Å²) in [5.41, 5.74) is 12.6. The highest BCUT2D eigenvalue weighted by atomic mass is 33.1. The van der Waals surface area contributed by atoms with Crippen LogP contribution < -0.4 is 15.8 Å². The third-order valence-corrected chi connectivity index (χ3v) is 11.5. The van der Waals surface area contributed by atoms with E-state index in [4.69, 9.17) is 10.5 Å². The molecule has 2 aliphatic heterocycles. The fraction of sp³-hybridized carbons (Fsp3) is 0.412. The number of dihydropyridines is 1. The second-order valence-corrected chi connectivity index (χ2v) is 14.0. The van der Waals surface area contributed by atoms with Crippen LogP contribution in [0, 0.1) is 5.92 Å². The van der Waals surface area contributed by atoms with E-state index in [-0.39, 0.29) is 41.1 Å². The largest absolute Gasteiger partial charge is 0.504 e. The summed E-state index contributed by atoms with van der Waals surface area (Å²) in [6, 6.07) is 14.1. The molecule has 0 saturated carbocycles. The maximum Gasteiger partial charge on any atom is 0.166 e. The van der Waals surface area contributed by atoms with Gasteiger partial charge >= 0.3 is 0 Å². The molecule has 4 N–H and O–H groups in total. The van der Waals surface area contributed by atoms with Crippen LogP contribution in [0.2, 0.25) is 0 Å². The van der Waals surface area contributed by atoms with Gasteiger partial charge in [0.15, 0.2) is 17.3 Å². The normalized spacial score (nSPS) is 25.3. The Morgan fingerprint density at radius 3 is 2.67 bits per heavy atom. The molecule has 4 bridgehead atoms. The minimum atomic E-state index is -0.318. The number of carbonyl (C=O) groups excluding carboxylic acids is 2. The average Bonchev–Trinajstić information content (AvgIpc) is 3.17. The van der Waals surface area contributed by atoms with Gasteiger partial charge in [-0.25, -0.2) is 0 Å². The van der Waals surface area contributed by atoms with Gasteiger partial charge in [0.05, 0.1) is 19.7 Å². The van der Waals surface area contributed by atoms with Gasteiger partial charge in [-0.05, 0) is 83.2 Å². The Morgan fingerprint density at radius 2 is 1.90 bits per heavy atom. The van der Waals surface area contributed by atoms with E-state index in [1.165, 1.54) is 12.7 Å². The lowest BCUT2D eigenvalue weighted by molar-refractivity contribution is -0.125. The number of nitrogens with two attached hydrogens (primary N) is 1. The van der Waals surface area contributed by atoms with Crippen molar-refractivity contribution < 1.29 is 19.4 Å². The first-order valence-electron chi connectivity index (χ1n) is 14.8. The summed E-state index contributed by atoms with van der Waals surface area (Å²) in [7, 11) is 5.23. The first-order valence-corrected chi connectivity index (χ1v) is 17.2. The standard InChI is InChI=1S/C34H40N2O4S2/c1-3-21-9-11-26(37)17-30(38)23-10-12-27(28-18-31(39)32(40-2)16-24(28)14-23)25-15-29(34(35)36-19-25)33(42-41-20-21)13-22-7-5-4-6-8-22/h4-8,14-16,18-19,21,27,33-34,36,39H,3,9-13,17,20,35H2,1-2H3. The monoisotopic (exact) mass is 604 g/mol. The number of phenols is 1. The Hall–Kier alpha value is -2.94. The summed E-state index contributed by atoms with van der Waals surface area (Å²) in [6.07, 6.45) is 9.99. The van der Waals surface area contributed by atoms with E-state index in [1.54, 1.807) is 12.1 Å². The van der Waals surface area contributed by atoms with Crippen molar-refractivity contribution in [3.05, 3.63) is 88.2 Å². The third-order valence-electron chi connectivity index (χ3n) is 8.56. The zero-order valence-electron chi connectivity index (χ0n) is 24.3. The molecule has 6 nitrogen and oxygen atoms in total. The van der Waals surface area contributed by atoms with Crippen LogP contribution >= 0.6 is 21.6 Å². The van der Waals surface area contributed by atoms with Crippen molar-refractivity contribution in [2.45, 2.75) is 69.2 Å². The lowest BCUT2D eigenvalue weighted by Gasteiger charge is -2.31. The fourth-order valence-corrected chi connectivity index (χ4v) is 9.24. The number of hydrogen-bond acceptors (Lipinski definition) is 8. The van der Waals surface area contributed by atoms with Gasteiger partial charge in [-0.1, -0.05) is 71.3 Å². The quantitative estimate of drug-likeness (QED) is 0.262. The van der Waals surface area contributed by atoms with Crippen LogP contribution in [0.4, 0.5) is 0 Å². The molecule has 4 unspecified atom stereocenters. The Bertz CT molecular complexity index is 1400. The van der Waals surface area contributed by atoms with Crippen LogP contribution in [0.3, 0.4) is 0 Å². The minimum Gasteiger partial charge on any atom is -0.504 e. The third kappa shape index (κ3) is 7.16. The number of ether oxygens (including phenoxy) is 1. The highest BCUT2D eigenvalue weighted by molar-refractivity contribution is 8.77. The molecule has 0 spiro atoms. The van der Waals surface area contributed by atoms with Crippen molar-refractivity contribution in [2.24, 2.45) is 11.7 Å². The second-order valence-electron chi connectivity index (χ2n) is 11.4. The predicted octanol–water partition coefficient (Wildman–Crippen LogP) is 6.70. The molecule has 2 aromatic rings. The molecule has 2 heterocycles. The highest BCUT2D eigenvalue weighted by Crippen LogP contribution is 2.44. The highest BCUT2D eigenvalue weighted by Gasteiger charge is 2.31. The van der Waals surface area contributed by atoms with E-state index in [2.05, 4.69) is 42.6 Å². The van der Waals surface area contributed by atoms with E-state index < -0.39 is 0 Å². The maximum absolute atomic E-state index is 13.4. The van der Waals surface area contributed by atoms with Crippen LogP contribution in [0.1, 0.15) is 68.1 Å². The average molecular weight is 605 g/mol. The molecule has 3 aliphatic rings.